The summed E-state index contributed by atoms with van der Waals surface area (Å²) in [6.45, 7) is 0.844. The monoisotopic (exact) mass is 278 g/mol. The zero-order valence-corrected chi connectivity index (χ0v) is 12.2. The van der Waals surface area contributed by atoms with E-state index in [0.717, 1.165) is 13.0 Å². The van der Waals surface area contributed by atoms with Crippen molar-refractivity contribution in [3.63, 3.8) is 0 Å². The molecule has 7 heteroatoms. The van der Waals surface area contributed by atoms with Gasteiger partial charge in [0, 0.05) is 32.6 Å². The van der Waals surface area contributed by atoms with E-state index in [0.29, 0.717) is 11.9 Å². The lowest BCUT2D eigenvalue weighted by atomic mass is 10.3. The maximum atomic E-state index is 5.71. The van der Waals surface area contributed by atoms with Crippen LogP contribution in [0.4, 0.5) is 17.8 Å². The van der Waals surface area contributed by atoms with Crippen molar-refractivity contribution in [2.45, 2.75) is 6.42 Å². The summed E-state index contributed by atoms with van der Waals surface area (Å²) in [4.78, 5) is 17.8. The summed E-state index contributed by atoms with van der Waals surface area (Å²) in [6.07, 6.45) is 0.969. The van der Waals surface area contributed by atoms with Crippen LogP contribution in [-0.2, 0) is 6.42 Å². The molecule has 0 aromatic carbocycles. The maximum Gasteiger partial charge on any atom is 0.231 e. The number of thiophene rings is 1. The summed E-state index contributed by atoms with van der Waals surface area (Å²) in [5, 5.41) is 2.08. The van der Waals surface area contributed by atoms with E-state index < -0.39 is 0 Å². The Labute approximate surface area is 116 Å². The fraction of sp³-hybridized carbons (Fsp3) is 0.417. The van der Waals surface area contributed by atoms with Crippen LogP contribution in [0.15, 0.2) is 17.5 Å². The summed E-state index contributed by atoms with van der Waals surface area (Å²) < 4.78 is 0. The minimum absolute atomic E-state index is 0.247. The number of rotatable bonds is 5. The molecular formula is C12H18N6S. The van der Waals surface area contributed by atoms with Crippen molar-refractivity contribution in [3.05, 3.63) is 22.4 Å². The predicted molar refractivity (Wildman–Crippen MR) is 79.9 cm³/mol. The van der Waals surface area contributed by atoms with Gasteiger partial charge in [0.1, 0.15) is 0 Å². The molecule has 102 valence electrons. The highest BCUT2D eigenvalue weighted by molar-refractivity contribution is 7.09. The Morgan fingerprint density at radius 2 is 1.89 bits per heavy atom. The smallest absolute Gasteiger partial charge is 0.231 e. The lowest BCUT2D eigenvalue weighted by Crippen LogP contribution is -2.25. The van der Waals surface area contributed by atoms with Crippen molar-refractivity contribution < 1.29 is 0 Å². The van der Waals surface area contributed by atoms with Crippen LogP contribution in [0.5, 0.6) is 0 Å². The first-order valence-electron chi connectivity index (χ1n) is 5.98. The summed E-state index contributed by atoms with van der Waals surface area (Å²) in [7, 11) is 5.72. The highest BCUT2D eigenvalue weighted by Crippen LogP contribution is 2.14. The van der Waals surface area contributed by atoms with Crippen LogP contribution in [0.3, 0.4) is 0 Å². The van der Waals surface area contributed by atoms with Gasteiger partial charge in [0.2, 0.25) is 17.8 Å². The molecule has 0 atom stereocenters. The Hall–Kier alpha value is -1.89. The van der Waals surface area contributed by atoms with Gasteiger partial charge in [-0.1, -0.05) is 6.07 Å². The summed E-state index contributed by atoms with van der Waals surface area (Å²) in [5.41, 5.74) is 5.71. The molecular weight excluding hydrogens is 260 g/mol. The normalized spacial score (nSPS) is 10.5. The van der Waals surface area contributed by atoms with Crippen molar-refractivity contribution in [2.24, 2.45) is 0 Å². The fourth-order valence-electron chi connectivity index (χ4n) is 1.57. The van der Waals surface area contributed by atoms with Crippen molar-refractivity contribution >= 4 is 29.2 Å². The molecule has 2 rings (SSSR count). The van der Waals surface area contributed by atoms with Gasteiger partial charge in [0.25, 0.3) is 0 Å². The highest BCUT2D eigenvalue weighted by atomic mass is 32.1. The number of nitrogens with zero attached hydrogens (tertiary/aromatic N) is 5. The number of hydrogen-bond donors (Lipinski definition) is 1. The van der Waals surface area contributed by atoms with E-state index in [1.807, 2.05) is 30.9 Å². The van der Waals surface area contributed by atoms with Gasteiger partial charge in [-0.2, -0.15) is 15.0 Å². The zero-order chi connectivity index (χ0) is 13.8. The molecule has 0 bridgehead atoms. The maximum absolute atomic E-state index is 5.71. The van der Waals surface area contributed by atoms with Gasteiger partial charge >= 0.3 is 0 Å². The molecule has 2 heterocycles. The Morgan fingerprint density at radius 1 is 1.16 bits per heavy atom. The van der Waals surface area contributed by atoms with Gasteiger partial charge in [-0.05, 0) is 17.9 Å². The minimum Gasteiger partial charge on any atom is -0.368 e. The largest absolute Gasteiger partial charge is 0.368 e. The second-order valence-corrected chi connectivity index (χ2v) is 5.47. The summed E-state index contributed by atoms with van der Waals surface area (Å²) >= 11 is 1.76. The number of nitrogens with two attached hydrogens (primary N) is 1. The molecule has 0 aliphatic carbocycles. The average Bonchev–Trinajstić information content (AvgIpc) is 2.88. The number of anilines is 3. The zero-order valence-electron chi connectivity index (χ0n) is 11.4. The molecule has 0 aliphatic rings. The van der Waals surface area contributed by atoms with Crippen LogP contribution in [-0.4, -0.2) is 42.6 Å². The first kappa shape index (κ1) is 13.5. The highest BCUT2D eigenvalue weighted by Gasteiger charge is 2.10. The third-order valence-corrected chi connectivity index (χ3v) is 3.58. The standard InChI is InChI=1S/C12H18N6S/c1-17(2)11-14-10(13)15-12(16-11)18(3)7-6-9-5-4-8-19-9/h4-5,8H,6-7H2,1-3H3,(H2,13,14,15,16). The minimum atomic E-state index is 0.247. The lowest BCUT2D eigenvalue weighted by molar-refractivity contribution is 0.831. The molecule has 0 radical (unpaired) electrons. The van der Waals surface area contributed by atoms with Crippen LogP contribution in [0, 0.1) is 0 Å². The van der Waals surface area contributed by atoms with Gasteiger partial charge in [0.15, 0.2) is 0 Å². The van der Waals surface area contributed by atoms with Gasteiger partial charge in [0.05, 0.1) is 0 Å². The van der Waals surface area contributed by atoms with Crippen LogP contribution >= 0.6 is 11.3 Å². The van der Waals surface area contributed by atoms with Crippen molar-refractivity contribution in [1.29, 1.82) is 0 Å². The van der Waals surface area contributed by atoms with E-state index in [2.05, 4.69) is 32.5 Å². The van der Waals surface area contributed by atoms with Crippen molar-refractivity contribution in [2.75, 3.05) is 43.2 Å². The first-order valence-corrected chi connectivity index (χ1v) is 6.86. The fourth-order valence-corrected chi connectivity index (χ4v) is 2.27. The van der Waals surface area contributed by atoms with Gasteiger partial charge in [-0.3, -0.25) is 0 Å². The molecule has 0 saturated heterocycles. The Morgan fingerprint density at radius 3 is 2.53 bits per heavy atom. The Balaban J connectivity index is 2.07. The average molecular weight is 278 g/mol. The van der Waals surface area contributed by atoms with Gasteiger partial charge < -0.3 is 15.5 Å². The van der Waals surface area contributed by atoms with Gasteiger partial charge in [-0.25, -0.2) is 0 Å². The molecule has 2 aromatic heterocycles. The third-order valence-electron chi connectivity index (χ3n) is 2.64. The third kappa shape index (κ3) is 3.54. The lowest BCUT2D eigenvalue weighted by Gasteiger charge is -2.18. The topological polar surface area (TPSA) is 71.2 Å². The van der Waals surface area contributed by atoms with E-state index in [9.17, 15) is 0 Å². The summed E-state index contributed by atoms with van der Waals surface area (Å²) in [6, 6.07) is 4.19. The predicted octanol–water partition coefficient (Wildman–Crippen LogP) is 1.26. The van der Waals surface area contributed by atoms with Crippen molar-refractivity contribution in [1.82, 2.24) is 15.0 Å². The summed E-state index contributed by atoms with van der Waals surface area (Å²) in [5.74, 6) is 1.43. The van der Waals surface area contributed by atoms with E-state index >= 15 is 0 Å². The van der Waals surface area contributed by atoms with E-state index in [4.69, 9.17) is 5.73 Å². The molecule has 2 N–H and O–H groups in total. The molecule has 6 nitrogen and oxygen atoms in total. The van der Waals surface area contributed by atoms with Crippen LogP contribution in [0.25, 0.3) is 0 Å². The Bertz CT molecular complexity index is 525. The van der Waals surface area contributed by atoms with Gasteiger partial charge in [-0.15, -0.1) is 11.3 Å². The SMILES string of the molecule is CN(C)c1nc(N)nc(N(C)CCc2cccs2)n1. The molecule has 0 unspecified atom stereocenters. The second-order valence-electron chi connectivity index (χ2n) is 4.44. The number of hydrogen-bond acceptors (Lipinski definition) is 7. The van der Waals surface area contributed by atoms with Crippen LogP contribution < -0.4 is 15.5 Å². The number of aromatic nitrogens is 3. The molecule has 0 fully saturated rings. The second kappa shape index (κ2) is 5.83. The van der Waals surface area contributed by atoms with Crippen LogP contribution in [0.2, 0.25) is 0 Å². The van der Waals surface area contributed by atoms with E-state index in [1.165, 1.54) is 4.88 Å². The quantitative estimate of drug-likeness (QED) is 0.888. The van der Waals surface area contributed by atoms with E-state index in [1.54, 1.807) is 11.3 Å². The van der Waals surface area contributed by atoms with E-state index in [-0.39, 0.29) is 5.95 Å². The molecule has 0 spiro atoms. The molecule has 2 aromatic rings. The Kier molecular flexibility index (Phi) is 4.16. The number of likely N-dealkylation sites (N-methyl/N-ethyl adjacent to an activating group) is 1. The molecule has 19 heavy (non-hydrogen) atoms. The first-order chi connectivity index (χ1) is 9.06. The van der Waals surface area contributed by atoms with Crippen LogP contribution in [0.1, 0.15) is 4.88 Å². The molecule has 0 aliphatic heterocycles. The number of nitrogen functional groups attached to an aromatic ring is 1. The molecule has 0 amide bonds. The molecule has 0 saturated carbocycles. The van der Waals surface area contributed by atoms with Crippen molar-refractivity contribution in [3.8, 4) is 0 Å².